The summed E-state index contributed by atoms with van der Waals surface area (Å²) in [4.78, 5) is 11.4. The fourth-order valence-electron chi connectivity index (χ4n) is 1.24. The Balaban J connectivity index is 3.43. The molecule has 1 aromatic rings. The Bertz CT molecular complexity index is 402. The Morgan fingerprint density at radius 2 is 2.20 bits per heavy atom. The SMILES string of the molecule is CCOc1c(C(C)=O)cc(Cl)c(C)c1Br. The molecule has 0 fully saturated rings. The zero-order valence-corrected chi connectivity index (χ0v) is 11.2. The van der Waals surface area contributed by atoms with E-state index in [0.717, 1.165) is 10.0 Å². The van der Waals surface area contributed by atoms with Gasteiger partial charge in [0.2, 0.25) is 0 Å². The summed E-state index contributed by atoms with van der Waals surface area (Å²) in [6.45, 7) is 5.76. The number of rotatable bonds is 3. The first kappa shape index (κ1) is 12.5. The van der Waals surface area contributed by atoms with Crippen molar-refractivity contribution in [2.75, 3.05) is 6.61 Å². The molecular formula is C11H12BrClO2. The molecule has 0 saturated carbocycles. The number of hydrogen-bond acceptors (Lipinski definition) is 2. The summed E-state index contributed by atoms with van der Waals surface area (Å²) < 4.78 is 6.19. The number of carbonyl (C=O) groups excluding carboxylic acids is 1. The predicted octanol–water partition coefficient (Wildman–Crippen LogP) is 4.01. The topological polar surface area (TPSA) is 26.3 Å². The van der Waals surface area contributed by atoms with Crippen LogP contribution in [0, 0.1) is 6.92 Å². The van der Waals surface area contributed by atoms with E-state index in [2.05, 4.69) is 15.9 Å². The maximum absolute atomic E-state index is 11.4. The van der Waals surface area contributed by atoms with E-state index in [4.69, 9.17) is 16.3 Å². The van der Waals surface area contributed by atoms with Crippen LogP contribution in [0.2, 0.25) is 5.02 Å². The first-order valence-corrected chi connectivity index (χ1v) is 5.78. The van der Waals surface area contributed by atoms with Gasteiger partial charge in [0.05, 0.1) is 16.6 Å². The van der Waals surface area contributed by atoms with Gasteiger partial charge < -0.3 is 4.74 Å². The number of ketones is 1. The van der Waals surface area contributed by atoms with Gasteiger partial charge in [0.25, 0.3) is 0 Å². The zero-order valence-electron chi connectivity index (χ0n) is 8.86. The lowest BCUT2D eigenvalue weighted by atomic mass is 10.1. The Morgan fingerprint density at radius 1 is 1.60 bits per heavy atom. The normalized spacial score (nSPS) is 10.2. The molecule has 0 atom stereocenters. The Hall–Kier alpha value is -0.540. The van der Waals surface area contributed by atoms with Gasteiger partial charge in [-0.2, -0.15) is 0 Å². The highest BCUT2D eigenvalue weighted by atomic mass is 79.9. The molecule has 0 bridgehead atoms. The lowest BCUT2D eigenvalue weighted by Crippen LogP contribution is -2.03. The number of benzene rings is 1. The van der Waals surface area contributed by atoms with Crippen LogP contribution in [-0.4, -0.2) is 12.4 Å². The summed E-state index contributed by atoms with van der Waals surface area (Å²) in [6, 6.07) is 1.65. The van der Waals surface area contributed by atoms with E-state index in [-0.39, 0.29) is 5.78 Å². The molecule has 4 heteroatoms. The molecule has 82 valence electrons. The van der Waals surface area contributed by atoms with Gasteiger partial charge in [0, 0.05) is 5.02 Å². The Kier molecular flexibility index (Phi) is 4.17. The number of ether oxygens (including phenoxy) is 1. The predicted molar refractivity (Wildman–Crippen MR) is 65.1 cm³/mol. The summed E-state index contributed by atoms with van der Waals surface area (Å²) in [7, 11) is 0. The van der Waals surface area contributed by atoms with Crippen molar-refractivity contribution in [3.8, 4) is 5.75 Å². The van der Waals surface area contributed by atoms with Crippen molar-refractivity contribution in [2.24, 2.45) is 0 Å². The molecule has 0 unspecified atom stereocenters. The van der Waals surface area contributed by atoms with Crippen LogP contribution in [0.15, 0.2) is 10.5 Å². The van der Waals surface area contributed by atoms with Crippen LogP contribution >= 0.6 is 27.5 Å². The molecule has 1 rings (SSSR count). The van der Waals surface area contributed by atoms with E-state index in [1.807, 2.05) is 13.8 Å². The highest BCUT2D eigenvalue weighted by Gasteiger charge is 2.16. The number of hydrogen-bond donors (Lipinski definition) is 0. The summed E-state index contributed by atoms with van der Waals surface area (Å²) in [5.41, 5.74) is 1.39. The molecule has 0 heterocycles. The molecule has 15 heavy (non-hydrogen) atoms. The van der Waals surface area contributed by atoms with E-state index in [1.54, 1.807) is 6.07 Å². The van der Waals surface area contributed by atoms with Crippen molar-refractivity contribution in [2.45, 2.75) is 20.8 Å². The lowest BCUT2D eigenvalue weighted by Gasteiger charge is -2.13. The summed E-state index contributed by atoms with van der Waals surface area (Å²) in [6.07, 6.45) is 0. The second kappa shape index (κ2) is 4.99. The molecule has 0 aromatic heterocycles. The van der Waals surface area contributed by atoms with Gasteiger partial charge in [0.1, 0.15) is 5.75 Å². The number of halogens is 2. The highest BCUT2D eigenvalue weighted by Crippen LogP contribution is 2.36. The van der Waals surface area contributed by atoms with E-state index >= 15 is 0 Å². The van der Waals surface area contributed by atoms with Crippen molar-refractivity contribution >= 4 is 33.3 Å². The third kappa shape index (κ3) is 2.52. The summed E-state index contributed by atoms with van der Waals surface area (Å²) in [5, 5.41) is 0.565. The average molecular weight is 292 g/mol. The maximum atomic E-state index is 11.4. The van der Waals surface area contributed by atoms with Crippen LogP contribution in [0.3, 0.4) is 0 Å². The summed E-state index contributed by atoms with van der Waals surface area (Å²) in [5.74, 6) is 0.521. The maximum Gasteiger partial charge on any atom is 0.163 e. The lowest BCUT2D eigenvalue weighted by molar-refractivity contribution is 0.101. The highest BCUT2D eigenvalue weighted by molar-refractivity contribution is 9.10. The molecule has 0 N–H and O–H groups in total. The van der Waals surface area contributed by atoms with Crippen LogP contribution < -0.4 is 4.74 Å². The monoisotopic (exact) mass is 290 g/mol. The molecule has 0 aliphatic heterocycles. The van der Waals surface area contributed by atoms with Crippen molar-refractivity contribution in [3.63, 3.8) is 0 Å². The van der Waals surface area contributed by atoms with Gasteiger partial charge in [-0.1, -0.05) is 11.6 Å². The first-order chi connectivity index (χ1) is 6.99. The second-order valence-electron chi connectivity index (χ2n) is 3.16. The molecule has 2 nitrogen and oxygen atoms in total. The van der Waals surface area contributed by atoms with E-state index in [1.165, 1.54) is 6.92 Å². The minimum Gasteiger partial charge on any atom is -0.492 e. The van der Waals surface area contributed by atoms with Crippen LogP contribution in [0.5, 0.6) is 5.75 Å². The third-order valence-corrected chi connectivity index (χ3v) is 3.42. The molecule has 0 aliphatic carbocycles. The minimum atomic E-state index is -0.0546. The standard InChI is InChI=1S/C11H12BrClO2/c1-4-15-11-8(7(3)14)5-9(13)6(2)10(11)12/h5H,4H2,1-3H3. The number of Topliss-reactive ketones (excluding diaryl/α,β-unsaturated/α-hetero) is 1. The average Bonchev–Trinajstić information content (AvgIpc) is 2.18. The largest absolute Gasteiger partial charge is 0.492 e. The quantitative estimate of drug-likeness (QED) is 0.787. The first-order valence-electron chi connectivity index (χ1n) is 4.61. The number of carbonyl (C=O) groups is 1. The molecule has 0 spiro atoms. The fourth-order valence-corrected chi connectivity index (χ4v) is 2.10. The Morgan fingerprint density at radius 3 is 2.67 bits per heavy atom. The van der Waals surface area contributed by atoms with Gasteiger partial charge in [-0.25, -0.2) is 0 Å². The van der Waals surface area contributed by atoms with E-state index in [9.17, 15) is 4.79 Å². The van der Waals surface area contributed by atoms with Gasteiger partial charge in [-0.3, -0.25) is 4.79 Å². The minimum absolute atomic E-state index is 0.0546. The van der Waals surface area contributed by atoms with Crippen molar-refractivity contribution < 1.29 is 9.53 Å². The Labute approximate surface area is 103 Å². The van der Waals surface area contributed by atoms with Crippen LogP contribution in [0.25, 0.3) is 0 Å². The van der Waals surface area contributed by atoms with Crippen molar-refractivity contribution in [3.05, 3.63) is 26.7 Å². The van der Waals surface area contributed by atoms with Gasteiger partial charge in [0.15, 0.2) is 5.78 Å². The zero-order chi connectivity index (χ0) is 11.6. The van der Waals surface area contributed by atoms with Crippen molar-refractivity contribution in [1.29, 1.82) is 0 Å². The van der Waals surface area contributed by atoms with E-state index < -0.39 is 0 Å². The molecule has 1 aromatic carbocycles. The van der Waals surface area contributed by atoms with Gasteiger partial charge >= 0.3 is 0 Å². The molecule has 0 amide bonds. The molecule has 0 saturated heterocycles. The van der Waals surface area contributed by atoms with Crippen LogP contribution in [-0.2, 0) is 0 Å². The molecule has 0 radical (unpaired) electrons. The molecule has 0 aliphatic rings. The van der Waals surface area contributed by atoms with E-state index in [0.29, 0.717) is 22.9 Å². The van der Waals surface area contributed by atoms with Crippen molar-refractivity contribution in [1.82, 2.24) is 0 Å². The van der Waals surface area contributed by atoms with Crippen LogP contribution in [0.4, 0.5) is 0 Å². The summed E-state index contributed by atoms with van der Waals surface area (Å²) >= 11 is 9.39. The van der Waals surface area contributed by atoms with Crippen LogP contribution in [0.1, 0.15) is 29.8 Å². The smallest absolute Gasteiger partial charge is 0.163 e. The fraction of sp³-hybridized carbons (Fsp3) is 0.364. The van der Waals surface area contributed by atoms with Gasteiger partial charge in [-0.15, -0.1) is 0 Å². The second-order valence-corrected chi connectivity index (χ2v) is 4.36. The van der Waals surface area contributed by atoms with Gasteiger partial charge in [-0.05, 0) is 48.3 Å². The third-order valence-electron chi connectivity index (χ3n) is 2.07. The molecular weight excluding hydrogens is 279 g/mol.